The Labute approximate surface area is 203 Å². The molecule has 3 rings (SSSR count). The normalized spacial score (nSPS) is 15.7. The Balaban J connectivity index is 2.02. The lowest BCUT2D eigenvalue weighted by Crippen LogP contribution is -2.45. The summed E-state index contributed by atoms with van der Waals surface area (Å²) >= 11 is 6.09. The molecule has 2 aromatic rings. The van der Waals surface area contributed by atoms with E-state index in [0.29, 0.717) is 24.0 Å². The molecule has 1 saturated carbocycles. The SMILES string of the molecule is COC(=O)CC(C)c1ccc(N(CC(C)(C)O)C2CCCCC2)c(Nc2ccc(Cl)cc2)c1. The highest BCUT2D eigenvalue weighted by Gasteiger charge is 2.28. The van der Waals surface area contributed by atoms with Crippen LogP contribution in [-0.2, 0) is 9.53 Å². The first-order chi connectivity index (χ1) is 15.7. The van der Waals surface area contributed by atoms with Gasteiger partial charge in [-0.05, 0) is 74.6 Å². The predicted molar refractivity (Wildman–Crippen MR) is 137 cm³/mol. The lowest BCUT2D eigenvalue weighted by molar-refractivity contribution is -0.140. The highest BCUT2D eigenvalue weighted by atomic mass is 35.5. The van der Waals surface area contributed by atoms with Gasteiger partial charge in [-0.3, -0.25) is 4.79 Å². The standard InChI is InChI=1S/C27H37ClN2O3/c1-19(16-26(31)33-4)20-10-15-25(24(17-20)29-22-13-11-21(28)12-14-22)30(18-27(2,3)32)23-8-6-5-7-9-23/h10-15,17,19,23,29,32H,5-9,16,18H2,1-4H3. The van der Waals surface area contributed by atoms with Gasteiger partial charge in [0.2, 0.25) is 0 Å². The largest absolute Gasteiger partial charge is 0.469 e. The molecule has 0 spiro atoms. The molecule has 0 heterocycles. The maximum absolute atomic E-state index is 11.9. The van der Waals surface area contributed by atoms with Gasteiger partial charge in [0.1, 0.15) is 0 Å². The fourth-order valence-electron chi connectivity index (χ4n) is 4.57. The second-order valence-corrected chi connectivity index (χ2v) is 10.3. The first-order valence-electron chi connectivity index (χ1n) is 11.9. The number of aliphatic hydroxyl groups is 1. The number of rotatable bonds is 9. The second kappa shape index (κ2) is 11.3. The topological polar surface area (TPSA) is 61.8 Å². The maximum Gasteiger partial charge on any atom is 0.306 e. The average Bonchev–Trinajstić information content (AvgIpc) is 2.79. The number of anilines is 3. The van der Waals surface area contributed by atoms with Crippen LogP contribution in [0, 0.1) is 0 Å². The molecular weight excluding hydrogens is 436 g/mol. The van der Waals surface area contributed by atoms with Crippen molar-refractivity contribution in [1.82, 2.24) is 0 Å². The minimum absolute atomic E-state index is 0.0229. The number of carbonyl (C=O) groups excluding carboxylic acids is 1. The summed E-state index contributed by atoms with van der Waals surface area (Å²) in [5, 5.41) is 15.0. The van der Waals surface area contributed by atoms with Crippen LogP contribution in [0.3, 0.4) is 0 Å². The minimum atomic E-state index is -0.828. The summed E-state index contributed by atoms with van der Waals surface area (Å²) in [6.07, 6.45) is 6.26. The van der Waals surface area contributed by atoms with Gasteiger partial charge in [0.15, 0.2) is 0 Å². The molecule has 1 aliphatic rings. The Morgan fingerprint density at radius 1 is 1.18 bits per heavy atom. The van der Waals surface area contributed by atoms with Gasteiger partial charge in [0.05, 0.1) is 30.5 Å². The number of methoxy groups -OCH3 is 1. The molecule has 6 heteroatoms. The molecule has 1 unspecified atom stereocenters. The third kappa shape index (κ3) is 7.38. The van der Waals surface area contributed by atoms with Gasteiger partial charge in [-0.2, -0.15) is 0 Å². The van der Waals surface area contributed by atoms with Crippen molar-refractivity contribution < 1.29 is 14.6 Å². The van der Waals surface area contributed by atoms with Gasteiger partial charge in [0.25, 0.3) is 0 Å². The molecule has 0 aliphatic heterocycles. The summed E-state index contributed by atoms with van der Waals surface area (Å²) in [5.74, 6) is -0.195. The third-order valence-electron chi connectivity index (χ3n) is 6.30. The Hall–Kier alpha value is -2.24. The van der Waals surface area contributed by atoms with Crippen LogP contribution in [0.25, 0.3) is 0 Å². The van der Waals surface area contributed by atoms with Crippen LogP contribution >= 0.6 is 11.6 Å². The van der Waals surface area contributed by atoms with Crippen LogP contribution in [0.1, 0.15) is 70.8 Å². The van der Waals surface area contributed by atoms with E-state index in [2.05, 4.69) is 28.4 Å². The number of nitrogens with one attached hydrogen (secondary N) is 1. The van der Waals surface area contributed by atoms with Crippen LogP contribution in [0.5, 0.6) is 0 Å². The Morgan fingerprint density at radius 3 is 2.45 bits per heavy atom. The number of hydrogen-bond acceptors (Lipinski definition) is 5. The lowest BCUT2D eigenvalue weighted by Gasteiger charge is -2.40. The van der Waals surface area contributed by atoms with Crippen molar-refractivity contribution in [3.8, 4) is 0 Å². The Bertz CT molecular complexity index is 918. The number of esters is 1. The highest BCUT2D eigenvalue weighted by Crippen LogP contribution is 2.37. The highest BCUT2D eigenvalue weighted by molar-refractivity contribution is 6.30. The summed E-state index contributed by atoms with van der Waals surface area (Å²) in [4.78, 5) is 14.2. The summed E-state index contributed by atoms with van der Waals surface area (Å²) < 4.78 is 4.87. The van der Waals surface area contributed by atoms with Crippen LogP contribution in [0.15, 0.2) is 42.5 Å². The van der Waals surface area contributed by atoms with E-state index in [1.165, 1.54) is 26.4 Å². The van der Waals surface area contributed by atoms with Crippen LogP contribution in [-0.4, -0.2) is 36.4 Å². The molecule has 5 nitrogen and oxygen atoms in total. The number of benzene rings is 2. The van der Waals surface area contributed by atoms with Crippen LogP contribution < -0.4 is 10.2 Å². The van der Waals surface area contributed by atoms with Gasteiger partial charge in [-0.1, -0.05) is 43.9 Å². The zero-order valence-corrected chi connectivity index (χ0v) is 21.0. The fourth-order valence-corrected chi connectivity index (χ4v) is 4.70. The maximum atomic E-state index is 11.9. The van der Waals surface area contributed by atoms with Gasteiger partial charge in [-0.15, -0.1) is 0 Å². The Morgan fingerprint density at radius 2 is 1.85 bits per heavy atom. The summed E-state index contributed by atoms with van der Waals surface area (Å²) in [6, 6.07) is 14.4. The monoisotopic (exact) mass is 472 g/mol. The first kappa shape index (κ1) is 25.4. The van der Waals surface area contributed by atoms with Gasteiger partial charge in [-0.25, -0.2) is 0 Å². The summed E-state index contributed by atoms with van der Waals surface area (Å²) in [5.41, 5.74) is 3.19. The average molecular weight is 473 g/mol. The van der Waals surface area contributed by atoms with Crippen molar-refractivity contribution in [2.45, 2.75) is 76.9 Å². The van der Waals surface area contributed by atoms with Crippen molar-refractivity contribution in [3.05, 3.63) is 53.1 Å². The minimum Gasteiger partial charge on any atom is -0.469 e. The molecule has 0 radical (unpaired) electrons. The van der Waals surface area contributed by atoms with E-state index in [9.17, 15) is 9.90 Å². The Kier molecular flexibility index (Phi) is 8.66. The molecule has 2 aromatic carbocycles. The first-order valence-corrected chi connectivity index (χ1v) is 12.3. The number of nitrogens with zero attached hydrogens (tertiary/aromatic N) is 1. The molecule has 0 bridgehead atoms. The molecular formula is C27H37ClN2O3. The second-order valence-electron chi connectivity index (χ2n) is 9.82. The lowest BCUT2D eigenvalue weighted by atomic mass is 9.91. The van der Waals surface area contributed by atoms with E-state index in [1.54, 1.807) is 0 Å². The molecule has 0 aromatic heterocycles. The molecule has 1 atom stereocenters. The third-order valence-corrected chi connectivity index (χ3v) is 6.55. The fraction of sp³-hybridized carbons (Fsp3) is 0.519. The van der Waals surface area contributed by atoms with E-state index >= 15 is 0 Å². The molecule has 0 amide bonds. The van der Waals surface area contributed by atoms with E-state index in [-0.39, 0.29) is 11.9 Å². The molecule has 1 aliphatic carbocycles. The summed E-state index contributed by atoms with van der Waals surface area (Å²) in [7, 11) is 1.42. The van der Waals surface area contributed by atoms with E-state index in [0.717, 1.165) is 35.5 Å². The van der Waals surface area contributed by atoms with E-state index in [1.807, 2.05) is 45.0 Å². The smallest absolute Gasteiger partial charge is 0.306 e. The van der Waals surface area contributed by atoms with Crippen molar-refractivity contribution >= 4 is 34.6 Å². The molecule has 1 fully saturated rings. The zero-order chi connectivity index (χ0) is 24.0. The quantitative estimate of drug-likeness (QED) is 0.399. The van der Waals surface area contributed by atoms with E-state index < -0.39 is 5.60 Å². The van der Waals surface area contributed by atoms with Crippen molar-refractivity contribution in [2.24, 2.45) is 0 Å². The van der Waals surface area contributed by atoms with Crippen molar-refractivity contribution in [1.29, 1.82) is 0 Å². The molecule has 180 valence electrons. The van der Waals surface area contributed by atoms with Crippen molar-refractivity contribution in [3.63, 3.8) is 0 Å². The number of carbonyl (C=O) groups is 1. The zero-order valence-electron chi connectivity index (χ0n) is 20.2. The van der Waals surface area contributed by atoms with Gasteiger partial charge < -0.3 is 20.1 Å². The van der Waals surface area contributed by atoms with Crippen molar-refractivity contribution in [2.75, 3.05) is 23.9 Å². The van der Waals surface area contributed by atoms with Gasteiger partial charge in [0, 0.05) is 23.3 Å². The number of hydrogen-bond donors (Lipinski definition) is 2. The summed E-state index contributed by atoms with van der Waals surface area (Å²) in [6.45, 7) is 6.31. The number of halogens is 1. The number of ether oxygens (including phenoxy) is 1. The van der Waals surface area contributed by atoms with Crippen LogP contribution in [0.4, 0.5) is 17.1 Å². The molecule has 0 saturated heterocycles. The predicted octanol–water partition coefficient (Wildman–Crippen LogP) is 6.66. The van der Waals surface area contributed by atoms with Crippen LogP contribution in [0.2, 0.25) is 5.02 Å². The molecule has 33 heavy (non-hydrogen) atoms. The van der Waals surface area contributed by atoms with Gasteiger partial charge >= 0.3 is 5.97 Å². The molecule has 2 N–H and O–H groups in total. The van der Waals surface area contributed by atoms with E-state index in [4.69, 9.17) is 16.3 Å².